The van der Waals surface area contributed by atoms with E-state index in [1.807, 2.05) is 70.6 Å². The lowest BCUT2D eigenvalue weighted by Gasteiger charge is -2.14. The fraction of sp³-hybridized carbons (Fsp3) is 0.706. The summed E-state index contributed by atoms with van der Waals surface area (Å²) in [6, 6.07) is 7.39. The molecule has 123 heavy (non-hydrogen) atoms. The van der Waals surface area contributed by atoms with Gasteiger partial charge in [0.25, 0.3) is 0 Å². The second kappa shape index (κ2) is 67.1. The largest absolute Gasteiger partial charge is 0.321 e. The van der Waals surface area contributed by atoms with Crippen molar-refractivity contribution in [1.82, 2.24) is 13.7 Å². The van der Waals surface area contributed by atoms with Crippen molar-refractivity contribution < 1.29 is 0 Å². The molecule has 1 aromatic carbocycles. The Labute approximate surface area is 830 Å². The topological polar surface area (TPSA) is 14.8 Å². The number of fused-ring (bicyclic) bond motifs is 3. The highest BCUT2D eigenvalue weighted by Gasteiger charge is 2.35. The molecule has 3 nitrogen and oxygen atoms in total. The highest BCUT2D eigenvalue weighted by Crippen LogP contribution is 2.68. The molecule has 0 fully saturated rings. The monoisotopic (exact) mass is 2000 g/mol. The van der Waals surface area contributed by atoms with Gasteiger partial charge >= 0.3 is 0 Å². The summed E-state index contributed by atoms with van der Waals surface area (Å²) in [7, 11) is 0. The Morgan fingerprint density at radius 3 is 0.423 bits per heavy atom. The van der Waals surface area contributed by atoms with Gasteiger partial charge in [0.15, 0.2) is 0 Å². The molecule has 0 saturated heterocycles. The van der Waals surface area contributed by atoms with E-state index in [1.165, 1.54) is 492 Å². The SMILES string of the molecule is CCCCCCCCCCCCSC1=C(SCCCCCCCCCCCC)SC(=C2Sc3cn(-c4cc(-n5cc6c(c5)SC(=C5SC(SCCCCCCCCCCCC)=C(SCCCCCCCCCCCC)S5)S6)cc(-n5cc6c(c5)SC(=C5SC(SCCCCCCCCCCCC)=C(SCCCCCCCCCCCC)S5)S6)c4)cc3S2)S1. The summed E-state index contributed by atoms with van der Waals surface area (Å²) in [6.07, 6.45) is 98.6. The summed E-state index contributed by atoms with van der Waals surface area (Å²) in [6.45, 7) is 14.0. The number of thioether (sulfide) groups is 18. The van der Waals surface area contributed by atoms with Crippen LogP contribution in [0.5, 0.6) is 0 Å². The highest BCUT2D eigenvalue weighted by molar-refractivity contribution is 8.44. The number of benzene rings is 1. The van der Waals surface area contributed by atoms with Crippen LogP contribution < -0.4 is 0 Å². The van der Waals surface area contributed by atoms with Gasteiger partial charge in [0, 0.05) is 83.6 Å². The lowest BCUT2D eigenvalue weighted by atomic mass is 10.1. The van der Waals surface area contributed by atoms with Crippen molar-refractivity contribution in [2.75, 3.05) is 34.5 Å². The lowest BCUT2D eigenvalue weighted by Crippen LogP contribution is -2.00. The minimum atomic E-state index is 1.22. The molecule has 0 atom stereocenters. The molecule has 6 aliphatic heterocycles. The Morgan fingerprint density at radius 1 is 0.163 bits per heavy atom. The molecular formula is C102H159N3S18. The molecule has 0 N–H and O–H groups in total. The summed E-state index contributed by atoms with van der Waals surface area (Å²) in [5.74, 6) is 7.45. The minimum absolute atomic E-state index is 1.22. The summed E-state index contributed by atoms with van der Waals surface area (Å²) < 4.78 is 25.8. The number of aromatic nitrogens is 3. The predicted molar refractivity (Wildman–Crippen MR) is 593 cm³/mol. The molecule has 9 heterocycles. The maximum Gasteiger partial charge on any atom is 0.0717 e. The minimum Gasteiger partial charge on any atom is -0.321 e. The van der Waals surface area contributed by atoms with Crippen LogP contribution in [0.3, 0.4) is 0 Å². The third kappa shape index (κ3) is 40.9. The normalized spacial score (nSPS) is 15.4. The fourth-order valence-corrected chi connectivity index (χ4v) is 42.6. The van der Waals surface area contributed by atoms with E-state index in [-0.39, 0.29) is 0 Å². The van der Waals surface area contributed by atoms with E-state index in [1.54, 1.807) is 25.4 Å². The van der Waals surface area contributed by atoms with E-state index in [0.717, 1.165) is 0 Å². The first-order chi connectivity index (χ1) is 60.8. The molecule has 6 aliphatic rings. The maximum atomic E-state index is 2.46. The van der Waals surface area contributed by atoms with Crippen LogP contribution in [0.25, 0.3) is 17.1 Å². The third-order valence-electron chi connectivity index (χ3n) is 23.8. The number of hydrogen-bond donors (Lipinski definition) is 0. The first-order valence-corrected chi connectivity index (χ1v) is 65.7. The van der Waals surface area contributed by atoms with Gasteiger partial charge in [0.1, 0.15) is 0 Å². The van der Waals surface area contributed by atoms with Gasteiger partial charge in [-0.2, -0.15) is 0 Å². The molecule has 0 unspecified atom stereocenters. The Bertz CT molecular complexity index is 3210. The smallest absolute Gasteiger partial charge is 0.0717 e. The van der Waals surface area contributed by atoms with Crippen LogP contribution in [0.15, 0.2) is 136 Å². The molecule has 0 amide bonds. The molecule has 3 aromatic heterocycles. The van der Waals surface area contributed by atoms with Gasteiger partial charge < -0.3 is 13.7 Å². The van der Waals surface area contributed by atoms with Gasteiger partial charge in [-0.1, -0.05) is 529 Å². The van der Waals surface area contributed by atoms with E-state index in [2.05, 4.69) is 252 Å². The van der Waals surface area contributed by atoms with Crippen LogP contribution in [-0.4, -0.2) is 48.2 Å². The maximum absolute atomic E-state index is 2.46. The molecule has 0 saturated carbocycles. The Hall–Kier alpha value is 1.80. The quantitative estimate of drug-likeness (QED) is 0.0390. The Balaban J connectivity index is 0.831. The summed E-state index contributed by atoms with van der Waals surface area (Å²) in [5, 5.41) is 0. The number of rotatable bonds is 75. The van der Waals surface area contributed by atoms with Crippen molar-refractivity contribution in [2.45, 2.75) is 456 Å². The average Bonchev–Trinajstić information content (AvgIpc) is 1.62. The predicted octanol–water partition coefficient (Wildman–Crippen LogP) is 43.8. The van der Waals surface area contributed by atoms with E-state index in [0.29, 0.717) is 0 Å². The first-order valence-electron chi connectivity index (χ1n) is 50.0. The van der Waals surface area contributed by atoms with Gasteiger partial charge in [0.05, 0.1) is 50.8 Å². The Kier molecular flexibility index (Phi) is 58.3. The molecule has 4 aromatic rings. The lowest BCUT2D eigenvalue weighted by molar-refractivity contribution is 0.563. The van der Waals surface area contributed by atoms with Crippen LogP contribution in [-0.2, 0) is 0 Å². The number of nitrogens with zero attached hydrogens (tertiary/aromatic N) is 3. The molecular weight excluding hydrogens is 1840 g/mol. The van der Waals surface area contributed by atoms with Crippen LogP contribution >= 0.6 is 212 Å². The number of hydrogen-bond acceptors (Lipinski definition) is 18. The van der Waals surface area contributed by atoms with Gasteiger partial charge in [-0.05, 0) is 91.2 Å². The molecule has 690 valence electrons. The standard InChI is InChI=1S/C102H159N3S18/c1-7-13-19-25-31-37-43-49-55-61-67-106-91-92(107-68-62-56-50-44-38-32-26-20-14-8-2)119-100(118-91)97-112-85-76-103(77-86(85)113-97)82-73-83(104-78-87-88(79-104)115-98(114-87)101-120-93(108-69-63-57-51-45-39-33-27-21-15-9-3)94(121-101)109-70-64-58-52-46-40-34-28-22-16-10-4)75-84(74-82)105-80-89-90(81-105)117-99(116-89)102-122-95(110-71-65-59-53-47-41-35-29-23-17-11-5)96(123-102)111-72-66-60-54-48-42-36-30-24-18-12-6/h73-81H,7-72H2,1-6H3. The zero-order valence-electron chi connectivity index (χ0n) is 77.1. The number of unbranched alkanes of at least 4 members (excludes halogenated alkanes) is 54. The summed E-state index contributed by atoms with van der Waals surface area (Å²) in [5.41, 5.74) is 3.65. The van der Waals surface area contributed by atoms with Crippen LogP contribution in [0, 0.1) is 0 Å². The van der Waals surface area contributed by atoms with Crippen molar-refractivity contribution in [2.24, 2.45) is 0 Å². The van der Waals surface area contributed by atoms with Gasteiger partial charge in [-0.25, -0.2) is 0 Å². The van der Waals surface area contributed by atoms with E-state index >= 15 is 0 Å². The molecule has 21 heteroatoms. The molecule has 0 aliphatic carbocycles. The molecule has 0 spiro atoms. The van der Waals surface area contributed by atoms with Gasteiger partial charge in [-0.15, -0.1) is 70.6 Å². The second-order valence-corrected chi connectivity index (χ2v) is 56.9. The van der Waals surface area contributed by atoms with E-state index in [4.69, 9.17) is 0 Å². The van der Waals surface area contributed by atoms with Crippen molar-refractivity contribution in [1.29, 1.82) is 0 Å². The Morgan fingerprint density at radius 2 is 0.285 bits per heavy atom. The molecule has 0 radical (unpaired) electrons. The zero-order valence-corrected chi connectivity index (χ0v) is 91.8. The van der Waals surface area contributed by atoms with Crippen molar-refractivity contribution >= 4 is 212 Å². The molecule has 0 bridgehead atoms. The van der Waals surface area contributed by atoms with Gasteiger partial charge in [-0.3, -0.25) is 0 Å². The van der Waals surface area contributed by atoms with Crippen LogP contribution in [0.2, 0.25) is 0 Å². The van der Waals surface area contributed by atoms with Crippen molar-refractivity contribution in [3.63, 3.8) is 0 Å². The fourth-order valence-electron chi connectivity index (χ4n) is 16.2. The highest BCUT2D eigenvalue weighted by atomic mass is 32.3. The average molecular weight is 2000 g/mol. The third-order valence-corrected chi connectivity index (χ3v) is 49.9. The van der Waals surface area contributed by atoms with E-state index in [9.17, 15) is 0 Å². The van der Waals surface area contributed by atoms with Crippen LogP contribution in [0.4, 0.5) is 0 Å². The van der Waals surface area contributed by atoms with Crippen LogP contribution in [0.1, 0.15) is 427 Å². The second-order valence-electron chi connectivity index (χ2n) is 34.7. The van der Waals surface area contributed by atoms with Crippen molar-refractivity contribution in [3.8, 4) is 17.1 Å². The summed E-state index contributed by atoms with van der Waals surface area (Å²) in [4.78, 5) is 8.33. The zero-order chi connectivity index (χ0) is 85.6. The van der Waals surface area contributed by atoms with Crippen molar-refractivity contribution in [3.05, 3.63) is 106 Å². The first kappa shape index (κ1) is 107. The van der Waals surface area contributed by atoms with E-state index < -0.39 is 0 Å². The summed E-state index contributed by atoms with van der Waals surface area (Å²) >= 11 is 37.8. The van der Waals surface area contributed by atoms with Gasteiger partial charge in [0.2, 0.25) is 0 Å². The molecule has 10 rings (SSSR count).